The third-order valence-corrected chi connectivity index (χ3v) is 9.52. The second-order valence-corrected chi connectivity index (χ2v) is 13.3. The number of allylic oxidation sites excluding steroid dienone is 4. The minimum absolute atomic E-state index is 0.0501. The van der Waals surface area contributed by atoms with Crippen LogP contribution in [-0.4, -0.2) is 39.7 Å². The standard InChI is InChI=1S/C37H42N2O4S/c1-25(2)23-32(44)33(40)39-37(19-8-9-20-37)35(43)38-31(34(41)42)24-36(30-16-10-14-28-13-6-7-15-29(28)30)21-17-27(18-22-36)26-11-4-3-5-12-26/h3-7,10-18,21-22,25,27,31-32,44H,8-9,19-20,23-24H2,1-2H3,(H,38,43)(H,39,40)(H,41,42). The Morgan fingerprint density at radius 2 is 1.55 bits per heavy atom. The van der Waals surface area contributed by atoms with E-state index >= 15 is 0 Å². The van der Waals surface area contributed by atoms with Crippen molar-refractivity contribution in [3.63, 3.8) is 0 Å². The van der Waals surface area contributed by atoms with Crippen LogP contribution in [0.15, 0.2) is 97.1 Å². The van der Waals surface area contributed by atoms with Gasteiger partial charge in [0.15, 0.2) is 0 Å². The summed E-state index contributed by atoms with van der Waals surface area (Å²) in [6, 6.07) is 23.1. The number of thiol groups is 1. The first-order valence-corrected chi connectivity index (χ1v) is 16.1. The molecule has 7 heteroatoms. The van der Waals surface area contributed by atoms with Gasteiger partial charge in [0.05, 0.1) is 5.25 Å². The fourth-order valence-corrected chi connectivity index (χ4v) is 7.21. The summed E-state index contributed by atoms with van der Waals surface area (Å²) in [4.78, 5) is 39.9. The fourth-order valence-electron chi connectivity index (χ4n) is 6.72. The van der Waals surface area contributed by atoms with E-state index in [1.807, 2.05) is 68.4 Å². The lowest BCUT2D eigenvalue weighted by molar-refractivity contribution is -0.143. The van der Waals surface area contributed by atoms with Crippen molar-refractivity contribution < 1.29 is 19.5 Å². The monoisotopic (exact) mass is 610 g/mol. The number of benzene rings is 3. The number of fused-ring (bicyclic) bond motifs is 1. The SMILES string of the molecule is CC(C)CC(S)C(=O)NC1(C(=O)NC(CC2(c3cccc4ccccc34)C=CC(c3ccccc3)C=C2)C(=O)O)CCCC1. The number of hydrogen-bond donors (Lipinski definition) is 4. The van der Waals surface area contributed by atoms with Crippen LogP contribution in [0.1, 0.15) is 69.4 Å². The molecule has 3 aromatic rings. The van der Waals surface area contributed by atoms with Gasteiger partial charge in [-0.1, -0.05) is 124 Å². The van der Waals surface area contributed by atoms with Crippen molar-refractivity contribution in [1.29, 1.82) is 0 Å². The summed E-state index contributed by atoms with van der Waals surface area (Å²) in [5.41, 5.74) is 0.188. The number of nitrogens with one attached hydrogen (secondary N) is 2. The number of amides is 2. The zero-order chi connectivity index (χ0) is 31.3. The Labute approximate surface area is 265 Å². The van der Waals surface area contributed by atoms with E-state index in [1.54, 1.807) is 0 Å². The molecule has 0 radical (unpaired) electrons. The highest BCUT2D eigenvalue weighted by molar-refractivity contribution is 7.81. The highest BCUT2D eigenvalue weighted by Crippen LogP contribution is 2.42. The molecular weight excluding hydrogens is 568 g/mol. The van der Waals surface area contributed by atoms with Gasteiger partial charge in [-0.05, 0) is 53.5 Å². The molecule has 0 spiro atoms. The maximum atomic E-state index is 13.9. The lowest BCUT2D eigenvalue weighted by Crippen LogP contribution is -2.61. The average molecular weight is 611 g/mol. The summed E-state index contributed by atoms with van der Waals surface area (Å²) >= 11 is 4.49. The van der Waals surface area contributed by atoms with E-state index in [0.29, 0.717) is 19.3 Å². The van der Waals surface area contributed by atoms with E-state index in [0.717, 1.165) is 34.7 Å². The van der Waals surface area contributed by atoms with E-state index in [2.05, 4.69) is 65.8 Å². The highest BCUT2D eigenvalue weighted by atomic mass is 32.1. The number of carboxylic acid groups (broad SMARTS) is 1. The van der Waals surface area contributed by atoms with E-state index < -0.39 is 34.1 Å². The molecule has 0 heterocycles. The van der Waals surface area contributed by atoms with Crippen molar-refractivity contribution in [3.8, 4) is 0 Å². The molecule has 2 unspecified atom stereocenters. The number of carbonyl (C=O) groups is 3. The van der Waals surface area contributed by atoms with Gasteiger partial charge in [0.25, 0.3) is 0 Å². The van der Waals surface area contributed by atoms with Crippen LogP contribution in [0.5, 0.6) is 0 Å². The smallest absolute Gasteiger partial charge is 0.326 e. The first-order valence-electron chi connectivity index (χ1n) is 15.6. The molecule has 0 aliphatic heterocycles. The van der Waals surface area contributed by atoms with Crippen LogP contribution < -0.4 is 10.6 Å². The van der Waals surface area contributed by atoms with Crippen LogP contribution >= 0.6 is 12.6 Å². The van der Waals surface area contributed by atoms with E-state index in [9.17, 15) is 19.5 Å². The molecule has 2 aliphatic rings. The predicted molar refractivity (Wildman–Crippen MR) is 179 cm³/mol. The fraction of sp³-hybridized carbons (Fsp3) is 0.378. The molecule has 1 fully saturated rings. The molecule has 2 aliphatic carbocycles. The van der Waals surface area contributed by atoms with E-state index in [1.165, 1.54) is 0 Å². The Hall–Kier alpha value is -3.84. The third kappa shape index (κ3) is 6.78. The molecule has 1 saturated carbocycles. The Kier molecular flexibility index (Phi) is 9.64. The van der Waals surface area contributed by atoms with Gasteiger partial charge in [-0.3, -0.25) is 9.59 Å². The number of carboxylic acids is 1. The molecule has 3 aromatic carbocycles. The molecule has 3 N–H and O–H groups in total. The molecular formula is C37H42N2O4S. The van der Waals surface area contributed by atoms with Crippen molar-refractivity contribution in [2.45, 2.75) is 80.5 Å². The highest BCUT2D eigenvalue weighted by Gasteiger charge is 2.45. The lowest BCUT2D eigenvalue weighted by Gasteiger charge is -2.37. The van der Waals surface area contributed by atoms with Crippen LogP contribution in [0, 0.1) is 5.92 Å². The number of hydrogen-bond acceptors (Lipinski definition) is 4. The number of aliphatic carboxylic acids is 1. The van der Waals surface area contributed by atoms with Gasteiger partial charge >= 0.3 is 5.97 Å². The van der Waals surface area contributed by atoms with Crippen molar-refractivity contribution in [1.82, 2.24) is 10.6 Å². The molecule has 6 nitrogen and oxygen atoms in total. The zero-order valence-corrected chi connectivity index (χ0v) is 26.3. The molecule has 5 rings (SSSR count). The van der Waals surface area contributed by atoms with Crippen molar-refractivity contribution in [2.75, 3.05) is 0 Å². The van der Waals surface area contributed by atoms with Crippen molar-refractivity contribution >= 4 is 41.2 Å². The van der Waals surface area contributed by atoms with Crippen LogP contribution in [0.4, 0.5) is 0 Å². The normalized spacial score (nSPS) is 22.0. The van der Waals surface area contributed by atoms with Gasteiger partial charge < -0.3 is 15.7 Å². The first-order chi connectivity index (χ1) is 21.1. The van der Waals surface area contributed by atoms with Crippen molar-refractivity contribution in [2.24, 2.45) is 5.92 Å². The quantitative estimate of drug-likeness (QED) is 0.143. The minimum atomic E-state index is -1.19. The van der Waals surface area contributed by atoms with Crippen LogP contribution in [0.3, 0.4) is 0 Å². The molecule has 230 valence electrons. The Morgan fingerprint density at radius 1 is 0.909 bits per heavy atom. The summed E-state index contributed by atoms with van der Waals surface area (Å²) in [7, 11) is 0. The molecule has 0 saturated heterocycles. The maximum Gasteiger partial charge on any atom is 0.326 e. The second-order valence-electron chi connectivity index (χ2n) is 12.7. The summed E-state index contributed by atoms with van der Waals surface area (Å²) in [6.45, 7) is 4.04. The summed E-state index contributed by atoms with van der Waals surface area (Å²) in [5.74, 6) is -1.52. The number of rotatable bonds is 11. The van der Waals surface area contributed by atoms with Crippen LogP contribution in [-0.2, 0) is 19.8 Å². The second kappa shape index (κ2) is 13.4. The Balaban J connectivity index is 1.47. The Morgan fingerprint density at radius 3 is 2.20 bits per heavy atom. The van der Waals surface area contributed by atoms with Gasteiger partial charge in [0.2, 0.25) is 11.8 Å². The summed E-state index contributed by atoms with van der Waals surface area (Å²) < 4.78 is 0. The maximum absolute atomic E-state index is 13.9. The molecule has 2 amide bonds. The van der Waals surface area contributed by atoms with E-state index in [4.69, 9.17) is 0 Å². The third-order valence-electron chi connectivity index (χ3n) is 9.07. The van der Waals surface area contributed by atoms with Gasteiger partial charge in [-0.25, -0.2) is 4.79 Å². The predicted octanol–water partition coefficient (Wildman–Crippen LogP) is 6.72. The summed E-state index contributed by atoms with van der Waals surface area (Å²) in [6.07, 6.45) is 11.6. The van der Waals surface area contributed by atoms with Gasteiger partial charge in [0.1, 0.15) is 11.6 Å². The van der Waals surface area contributed by atoms with Gasteiger partial charge in [0, 0.05) is 11.3 Å². The first kappa shape index (κ1) is 31.6. The Bertz CT molecular complexity index is 1540. The number of carbonyl (C=O) groups excluding carboxylic acids is 2. The molecule has 0 bridgehead atoms. The molecule has 0 aromatic heterocycles. The zero-order valence-electron chi connectivity index (χ0n) is 25.4. The average Bonchev–Trinajstić information content (AvgIpc) is 3.50. The van der Waals surface area contributed by atoms with E-state index in [-0.39, 0.29) is 24.2 Å². The lowest BCUT2D eigenvalue weighted by atomic mass is 9.70. The van der Waals surface area contributed by atoms with Crippen LogP contribution in [0.25, 0.3) is 10.8 Å². The van der Waals surface area contributed by atoms with Crippen LogP contribution in [0.2, 0.25) is 0 Å². The minimum Gasteiger partial charge on any atom is -0.480 e. The van der Waals surface area contributed by atoms with Crippen molar-refractivity contribution in [3.05, 3.63) is 108 Å². The molecule has 2 atom stereocenters. The molecule has 44 heavy (non-hydrogen) atoms. The largest absolute Gasteiger partial charge is 0.480 e. The topological polar surface area (TPSA) is 95.5 Å². The van der Waals surface area contributed by atoms with Gasteiger partial charge in [-0.2, -0.15) is 12.6 Å². The summed E-state index contributed by atoms with van der Waals surface area (Å²) in [5, 5.41) is 17.9. The van der Waals surface area contributed by atoms with Gasteiger partial charge in [-0.15, -0.1) is 0 Å².